The van der Waals surface area contributed by atoms with Gasteiger partial charge in [-0.15, -0.1) is 0 Å². The van der Waals surface area contributed by atoms with Crippen LogP contribution in [0.25, 0.3) is 0 Å². The van der Waals surface area contributed by atoms with Gasteiger partial charge in [-0.2, -0.15) is 0 Å². The van der Waals surface area contributed by atoms with Gasteiger partial charge in [0, 0.05) is 12.7 Å². The van der Waals surface area contributed by atoms with Crippen molar-refractivity contribution in [3.63, 3.8) is 0 Å². The quantitative estimate of drug-likeness (QED) is 0.817. The van der Waals surface area contributed by atoms with E-state index in [0.29, 0.717) is 30.2 Å². The van der Waals surface area contributed by atoms with Crippen LogP contribution in [0.1, 0.15) is 11.3 Å². The van der Waals surface area contributed by atoms with Gasteiger partial charge in [0.15, 0.2) is 0 Å². The summed E-state index contributed by atoms with van der Waals surface area (Å²) in [6, 6.07) is 8.32. The van der Waals surface area contributed by atoms with Crippen LogP contribution >= 0.6 is 12.2 Å². The van der Waals surface area contributed by atoms with E-state index in [0.717, 1.165) is 0 Å². The molecule has 0 saturated carbocycles. The smallest absolute Gasteiger partial charge is 0.223 e. The fraction of sp³-hybridized carbons (Fsp3) is 0.154. The number of aromatic nitrogens is 2. The van der Waals surface area contributed by atoms with Crippen LogP contribution in [0.5, 0.6) is 0 Å². The first-order valence-electron chi connectivity index (χ1n) is 5.77. The Bertz CT molecular complexity index is 588. The molecule has 0 spiro atoms. The molecule has 0 radical (unpaired) electrons. The number of anilines is 1. The van der Waals surface area contributed by atoms with E-state index in [2.05, 4.69) is 15.3 Å². The van der Waals surface area contributed by atoms with Gasteiger partial charge in [0.25, 0.3) is 0 Å². The number of hydrogen-bond acceptors (Lipinski definition) is 4. The molecular formula is C13H13FN4S. The standard InChI is InChI=1S/C13H13FN4S/c14-10-4-2-1-3-9(10)5-7-16-13-17-8-6-11(18-13)12(15)19/h1-4,6,8H,5,7H2,(H2,15,19)(H,16,17,18). The monoisotopic (exact) mass is 276 g/mol. The summed E-state index contributed by atoms with van der Waals surface area (Å²) in [7, 11) is 0. The third-order valence-electron chi connectivity index (χ3n) is 2.54. The molecule has 0 aliphatic heterocycles. The van der Waals surface area contributed by atoms with E-state index in [1.807, 2.05) is 6.07 Å². The number of thiocarbonyl (C=S) groups is 1. The maximum atomic E-state index is 13.4. The number of nitrogens with two attached hydrogens (primary N) is 1. The van der Waals surface area contributed by atoms with Crippen molar-refractivity contribution in [3.05, 3.63) is 53.6 Å². The lowest BCUT2D eigenvalue weighted by Gasteiger charge is -2.06. The van der Waals surface area contributed by atoms with Gasteiger partial charge in [0.2, 0.25) is 5.95 Å². The van der Waals surface area contributed by atoms with E-state index in [9.17, 15) is 4.39 Å². The lowest BCUT2D eigenvalue weighted by atomic mass is 10.1. The van der Waals surface area contributed by atoms with Crippen LogP contribution in [-0.4, -0.2) is 21.5 Å². The molecule has 0 aliphatic carbocycles. The second kappa shape index (κ2) is 6.19. The highest BCUT2D eigenvalue weighted by Crippen LogP contribution is 2.07. The second-order valence-corrected chi connectivity index (χ2v) is 4.34. The molecule has 19 heavy (non-hydrogen) atoms. The van der Waals surface area contributed by atoms with Crippen LogP contribution in [0.3, 0.4) is 0 Å². The molecule has 0 unspecified atom stereocenters. The van der Waals surface area contributed by atoms with Gasteiger partial charge in [0.05, 0.1) is 0 Å². The minimum atomic E-state index is -0.206. The Balaban J connectivity index is 1.94. The van der Waals surface area contributed by atoms with Crippen molar-refractivity contribution >= 4 is 23.2 Å². The fourth-order valence-electron chi connectivity index (χ4n) is 1.59. The Hall–Kier alpha value is -2.08. The third-order valence-corrected chi connectivity index (χ3v) is 2.75. The normalized spacial score (nSPS) is 10.2. The first-order valence-corrected chi connectivity index (χ1v) is 6.18. The molecule has 1 heterocycles. The van der Waals surface area contributed by atoms with E-state index in [4.69, 9.17) is 18.0 Å². The van der Waals surface area contributed by atoms with Crippen molar-refractivity contribution in [2.24, 2.45) is 5.73 Å². The molecule has 0 aliphatic rings. The second-order valence-electron chi connectivity index (χ2n) is 3.90. The minimum Gasteiger partial charge on any atom is -0.388 e. The van der Waals surface area contributed by atoms with Gasteiger partial charge in [-0.1, -0.05) is 30.4 Å². The van der Waals surface area contributed by atoms with Crippen LogP contribution in [0, 0.1) is 5.82 Å². The Morgan fingerprint density at radius 3 is 2.84 bits per heavy atom. The van der Waals surface area contributed by atoms with Crippen LogP contribution in [0.4, 0.5) is 10.3 Å². The van der Waals surface area contributed by atoms with Gasteiger partial charge in [-0.25, -0.2) is 14.4 Å². The van der Waals surface area contributed by atoms with Gasteiger partial charge in [-0.05, 0) is 24.1 Å². The summed E-state index contributed by atoms with van der Waals surface area (Å²) in [6.07, 6.45) is 2.13. The predicted molar refractivity (Wildman–Crippen MR) is 76.5 cm³/mol. The molecule has 98 valence electrons. The molecule has 4 nitrogen and oxygen atoms in total. The van der Waals surface area contributed by atoms with Crippen LogP contribution in [0.15, 0.2) is 36.5 Å². The van der Waals surface area contributed by atoms with Crippen molar-refractivity contribution in [2.45, 2.75) is 6.42 Å². The zero-order valence-electron chi connectivity index (χ0n) is 10.1. The van der Waals surface area contributed by atoms with Crippen LogP contribution in [0.2, 0.25) is 0 Å². The van der Waals surface area contributed by atoms with Gasteiger partial charge < -0.3 is 11.1 Å². The van der Waals surface area contributed by atoms with Gasteiger partial charge >= 0.3 is 0 Å². The number of nitrogens with zero attached hydrogens (tertiary/aromatic N) is 2. The zero-order valence-corrected chi connectivity index (χ0v) is 11.0. The van der Waals surface area contributed by atoms with Crippen molar-refractivity contribution in [3.8, 4) is 0 Å². The molecule has 0 atom stereocenters. The zero-order chi connectivity index (χ0) is 13.7. The van der Waals surface area contributed by atoms with Gasteiger partial charge in [0.1, 0.15) is 16.5 Å². The summed E-state index contributed by atoms with van der Waals surface area (Å²) in [5, 5.41) is 3.01. The number of rotatable bonds is 5. The molecule has 1 aromatic heterocycles. The summed E-state index contributed by atoms with van der Waals surface area (Å²) < 4.78 is 13.4. The van der Waals surface area contributed by atoms with Crippen molar-refractivity contribution in [1.82, 2.24) is 9.97 Å². The van der Waals surface area contributed by atoms with E-state index >= 15 is 0 Å². The molecule has 0 fully saturated rings. The maximum Gasteiger partial charge on any atom is 0.223 e. The van der Waals surface area contributed by atoms with E-state index in [-0.39, 0.29) is 10.8 Å². The number of benzene rings is 1. The van der Waals surface area contributed by atoms with Gasteiger partial charge in [-0.3, -0.25) is 0 Å². The molecule has 1 aromatic carbocycles. The van der Waals surface area contributed by atoms with Crippen molar-refractivity contribution in [2.75, 3.05) is 11.9 Å². The minimum absolute atomic E-state index is 0.206. The fourth-order valence-corrected chi connectivity index (χ4v) is 1.70. The molecule has 2 rings (SSSR count). The third kappa shape index (κ3) is 3.69. The molecule has 0 amide bonds. The molecule has 0 saturated heterocycles. The number of halogens is 1. The summed E-state index contributed by atoms with van der Waals surface area (Å²) >= 11 is 4.84. The first kappa shape index (κ1) is 13.4. The van der Waals surface area contributed by atoms with E-state index in [1.54, 1.807) is 24.4 Å². The average Bonchev–Trinajstić information content (AvgIpc) is 2.41. The molecule has 3 N–H and O–H groups in total. The molecule has 0 bridgehead atoms. The largest absolute Gasteiger partial charge is 0.388 e. The topological polar surface area (TPSA) is 63.8 Å². The lowest BCUT2D eigenvalue weighted by Crippen LogP contribution is -2.14. The van der Waals surface area contributed by atoms with Crippen molar-refractivity contribution < 1.29 is 4.39 Å². The predicted octanol–water partition coefficient (Wildman–Crippen LogP) is 1.90. The Morgan fingerprint density at radius 1 is 1.32 bits per heavy atom. The Morgan fingerprint density at radius 2 is 2.11 bits per heavy atom. The summed E-state index contributed by atoms with van der Waals surface area (Å²) in [5.41, 5.74) is 6.65. The lowest BCUT2D eigenvalue weighted by molar-refractivity contribution is 0.610. The summed E-state index contributed by atoms with van der Waals surface area (Å²) in [5.74, 6) is 0.226. The SMILES string of the molecule is NC(=S)c1ccnc(NCCc2ccccc2F)n1. The molecule has 2 aromatic rings. The highest BCUT2D eigenvalue weighted by atomic mass is 32.1. The van der Waals surface area contributed by atoms with E-state index in [1.165, 1.54) is 6.07 Å². The number of hydrogen-bond donors (Lipinski definition) is 2. The first-order chi connectivity index (χ1) is 9.16. The van der Waals surface area contributed by atoms with E-state index < -0.39 is 0 Å². The molecular weight excluding hydrogens is 263 g/mol. The highest BCUT2D eigenvalue weighted by molar-refractivity contribution is 7.80. The summed E-state index contributed by atoms with van der Waals surface area (Å²) in [4.78, 5) is 8.41. The van der Waals surface area contributed by atoms with Crippen LogP contribution in [-0.2, 0) is 6.42 Å². The maximum absolute atomic E-state index is 13.4. The van der Waals surface area contributed by atoms with Crippen LogP contribution < -0.4 is 11.1 Å². The highest BCUT2D eigenvalue weighted by Gasteiger charge is 2.03. The summed E-state index contributed by atoms with van der Waals surface area (Å²) in [6.45, 7) is 0.529. The Kier molecular flexibility index (Phi) is 4.35. The average molecular weight is 276 g/mol. The number of nitrogens with one attached hydrogen (secondary N) is 1. The molecule has 6 heteroatoms. The Labute approximate surface area is 115 Å². The van der Waals surface area contributed by atoms with Crippen molar-refractivity contribution in [1.29, 1.82) is 0 Å².